The first-order valence-electron chi connectivity index (χ1n) is 6.73. The zero-order valence-corrected chi connectivity index (χ0v) is 11.4. The first kappa shape index (κ1) is 13.6. The van der Waals surface area contributed by atoms with E-state index in [9.17, 15) is 4.79 Å². The lowest BCUT2D eigenvalue weighted by molar-refractivity contribution is -0.118. The molecule has 4 nitrogen and oxygen atoms in total. The molecule has 0 radical (unpaired) electrons. The average Bonchev–Trinajstić information content (AvgIpc) is 2.78. The van der Waals surface area contributed by atoms with E-state index in [1.54, 1.807) is 17.0 Å². The van der Waals surface area contributed by atoms with Crippen LogP contribution in [-0.4, -0.2) is 25.0 Å². The number of anilines is 1. The molecule has 0 spiro atoms. The molecular formula is C15H19N3O. The third kappa shape index (κ3) is 2.77. The van der Waals surface area contributed by atoms with Crippen LogP contribution in [0.3, 0.4) is 0 Å². The molecule has 100 valence electrons. The topological polar surface area (TPSA) is 56.1 Å². The maximum Gasteiger partial charge on any atom is 0.244 e. The Hall–Kier alpha value is -1.86. The predicted molar refractivity (Wildman–Crippen MR) is 74.9 cm³/mol. The standard InChI is InChI=1S/C15H19N3O/c1-3-7-17-13-6-8-18(15(13)19)14-9-12(10-16)5-4-11(14)2/h4-5,9,13,17H,3,6-8H2,1-2H3. The van der Waals surface area contributed by atoms with Crippen LogP contribution in [0, 0.1) is 18.3 Å². The van der Waals surface area contributed by atoms with Crippen LogP contribution in [0.4, 0.5) is 5.69 Å². The van der Waals surface area contributed by atoms with Gasteiger partial charge in [0.25, 0.3) is 0 Å². The highest BCUT2D eigenvalue weighted by molar-refractivity contribution is 6.00. The Balaban J connectivity index is 2.20. The van der Waals surface area contributed by atoms with E-state index in [2.05, 4.69) is 18.3 Å². The quantitative estimate of drug-likeness (QED) is 0.897. The summed E-state index contributed by atoms with van der Waals surface area (Å²) in [6.45, 7) is 5.64. The van der Waals surface area contributed by atoms with Gasteiger partial charge in [-0.2, -0.15) is 5.26 Å². The fourth-order valence-electron chi connectivity index (χ4n) is 2.40. The molecule has 0 saturated carbocycles. The fourth-order valence-corrected chi connectivity index (χ4v) is 2.40. The van der Waals surface area contributed by atoms with Crippen molar-refractivity contribution in [3.05, 3.63) is 29.3 Å². The highest BCUT2D eigenvalue weighted by Gasteiger charge is 2.32. The summed E-state index contributed by atoms with van der Waals surface area (Å²) in [6, 6.07) is 7.53. The zero-order chi connectivity index (χ0) is 13.8. The Bertz CT molecular complexity index is 519. The monoisotopic (exact) mass is 257 g/mol. The van der Waals surface area contributed by atoms with Gasteiger partial charge in [0.1, 0.15) is 0 Å². The number of hydrogen-bond donors (Lipinski definition) is 1. The molecule has 4 heteroatoms. The van der Waals surface area contributed by atoms with Crippen molar-refractivity contribution in [2.75, 3.05) is 18.0 Å². The van der Waals surface area contributed by atoms with Crippen molar-refractivity contribution in [3.63, 3.8) is 0 Å². The molecule has 1 unspecified atom stereocenters. The van der Waals surface area contributed by atoms with Crippen molar-refractivity contribution < 1.29 is 4.79 Å². The van der Waals surface area contributed by atoms with Gasteiger partial charge in [-0.05, 0) is 44.0 Å². The maximum atomic E-state index is 12.3. The van der Waals surface area contributed by atoms with Crippen molar-refractivity contribution in [2.24, 2.45) is 0 Å². The highest BCUT2D eigenvalue weighted by Crippen LogP contribution is 2.26. The van der Waals surface area contributed by atoms with Crippen LogP contribution in [0.15, 0.2) is 18.2 Å². The van der Waals surface area contributed by atoms with Gasteiger partial charge >= 0.3 is 0 Å². The molecule has 1 saturated heterocycles. The molecule has 0 aromatic heterocycles. The number of nitrogens with one attached hydrogen (secondary N) is 1. The van der Waals surface area contributed by atoms with Gasteiger partial charge in [-0.3, -0.25) is 4.79 Å². The molecule has 19 heavy (non-hydrogen) atoms. The molecule has 1 atom stereocenters. The number of nitriles is 1. The van der Waals surface area contributed by atoms with Gasteiger partial charge in [0, 0.05) is 12.2 Å². The zero-order valence-electron chi connectivity index (χ0n) is 11.4. The minimum absolute atomic E-state index is 0.0786. The number of rotatable bonds is 4. The average molecular weight is 257 g/mol. The molecule has 1 aromatic carbocycles. The lowest BCUT2D eigenvalue weighted by Crippen LogP contribution is -2.38. The van der Waals surface area contributed by atoms with Gasteiger partial charge in [0.2, 0.25) is 5.91 Å². The van der Waals surface area contributed by atoms with Crippen molar-refractivity contribution in [1.82, 2.24) is 5.32 Å². The normalized spacial score (nSPS) is 18.7. The highest BCUT2D eigenvalue weighted by atomic mass is 16.2. The summed E-state index contributed by atoms with van der Waals surface area (Å²) in [5.74, 6) is 0.117. The minimum Gasteiger partial charge on any atom is -0.311 e. The van der Waals surface area contributed by atoms with Crippen LogP contribution in [-0.2, 0) is 4.79 Å². The third-order valence-corrected chi connectivity index (χ3v) is 3.48. The van der Waals surface area contributed by atoms with Gasteiger partial charge in [-0.25, -0.2) is 0 Å². The van der Waals surface area contributed by atoms with Gasteiger partial charge in [0.05, 0.1) is 17.7 Å². The largest absolute Gasteiger partial charge is 0.311 e. The summed E-state index contributed by atoms with van der Waals surface area (Å²) in [5, 5.41) is 12.2. The van der Waals surface area contributed by atoms with Gasteiger partial charge in [-0.15, -0.1) is 0 Å². The Morgan fingerprint density at radius 3 is 3.00 bits per heavy atom. The van der Waals surface area contributed by atoms with E-state index in [-0.39, 0.29) is 11.9 Å². The summed E-state index contributed by atoms with van der Waals surface area (Å²) in [6.07, 6.45) is 1.85. The minimum atomic E-state index is -0.0786. The fraction of sp³-hybridized carbons (Fsp3) is 0.467. The number of hydrogen-bond acceptors (Lipinski definition) is 3. The SMILES string of the molecule is CCCNC1CCN(c2cc(C#N)ccc2C)C1=O. The van der Waals surface area contributed by atoms with Crippen LogP contribution in [0.1, 0.15) is 30.9 Å². The van der Waals surface area contributed by atoms with Crippen LogP contribution in [0.5, 0.6) is 0 Å². The molecular weight excluding hydrogens is 238 g/mol. The van der Waals surface area contributed by atoms with E-state index in [4.69, 9.17) is 5.26 Å². The van der Waals surface area contributed by atoms with Crippen molar-refractivity contribution in [2.45, 2.75) is 32.7 Å². The number of carbonyl (C=O) groups is 1. The molecule has 2 rings (SSSR count). The van der Waals surface area contributed by atoms with Crippen molar-refractivity contribution in [1.29, 1.82) is 5.26 Å². The van der Waals surface area contributed by atoms with E-state index < -0.39 is 0 Å². The van der Waals surface area contributed by atoms with E-state index in [1.165, 1.54) is 0 Å². The summed E-state index contributed by atoms with van der Waals surface area (Å²) >= 11 is 0. The van der Waals surface area contributed by atoms with E-state index in [0.29, 0.717) is 5.56 Å². The first-order chi connectivity index (χ1) is 9.17. The Morgan fingerprint density at radius 1 is 1.53 bits per heavy atom. The molecule has 1 aliphatic heterocycles. The maximum absolute atomic E-state index is 12.3. The molecule has 1 amide bonds. The van der Waals surface area contributed by atoms with Gasteiger partial charge in [-0.1, -0.05) is 13.0 Å². The molecule has 1 N–H and O–H groups in total. The van der Waals surface area contributed by atoms with E-state index >= 15 is 0 Å². The van der Waals surface area contributed by atoms with Crippen molar-refractivity contribution in [3.8, 4) is 6.07 Å². The van der Waals surface area contributed by atoms with Crippen LogP contribution >= 0.6 is 0 Å². The van der Waals surface area contributed by atoms with E-state index in [1.807, 2.05) is 13.0 Å². The summed E-state index contributed by atoms with van der Waals surface area (Å²) in [5.41, 5.74) is 2.49. The summed E-state index contributed by atoms with van der Waals surface area (Å²) < 4.78 is 0. The van der Waals surface area contributed by atoms with Gasteiger partial charge < -0.3 is 10.2 Å². The number of nitrogens with zero attached hydrogens (tertiary/aromatic N) is 2. The Kier molecular flexibility index (Phi) is 4.18. The Morgan fingerprint density at radius 2 is 2.32 bits per heavy atom. The third-order valence-electron chi connectivity index (χ3n) is 3.48. The predicted octanol–water partition coefficient (Wildman–Crippen LogP) is 1.97. The number of amides is 1. The smallest absolute Gasteiger partial charge is 0.244 e. The molecule has 0 aliphatic carbocycles. The van der Waals surface area contributed by atoms with Crippen LogP contribution in [0.2, 0.25) is 0 Å². The van der Waals surface area contributed by atoms with Crippen molar-refractivity contribution >= 4 is 11.6 Å². The number of carbonyl (C=O) groups excluding carboxylic acids is 1. The second-order valence-corrected chi connectivity index (χ2v) is 4.90. The van der Waals surface area contributed by atoms with Gasteiger partial charge in [0.15, 0.2) is 0 Å². The molecule has 1 aliphatic rings. The van der Waals surface area contributed by atoms with Crippen LogP contribution in [0.25, 0.3) is 0 Å². The van der Waals surface area contributed by atoms with Crippen LogP contribution < -0.4 is 10.2 Å². The second-order valence-electron chi connectivity index (χ2n) is 4.90. The second kappa shape index (κ2) is 5.85. The molecule has 1 fully saturated rings. The Labute approximate surface area is 114 Å². The number of benzene rings is 1. The summed E-state index contributed by atoms with van der Waals surface area (Å²) in [4.78, 5) is 14.1. The van der Waals surface area contributed by atoms with E-state index in [0.717, 1.165) is 37.2 Å². The number of aryl methyl sites for hydroxylation is 1. The molecule has 1 aromatic rings. The first-order valence-corrected chi connectivity index (χ1v) is 6.73. The lowest BCUT2D eigenvalue weighted by atomic mass is 10.1. The molecule has 1 heterocycles. The summed E-state index contributed by atoms with van der Waals surface area (Å²) in [7, 11) is 0. The molecule has 0 bridgehead atoms. The lowest BCUT2D eigenvalue weighted by Gasteiger charge is -2.19.